The van der Waals surface area contributed by atoms with Gasteiger partial charge in [0, 0.05) is 25.4 Å². The number of nitrogens with zero attached hydrogens (tertiary/aromatic N) is 1. The highest BCUT2D eigenvalue weighted by molar-refractivity contribution is 5.92. The molecule has 1 aromatic heterocycles. The normalized spacial score (nSPS) is 9.26. The molecule has 1 amide bonds. The number of pyridine rings is 1. The summed E-state index contributed by atoms with van der Waals surface area (Å²) in [5.41, 5.74) is 0.347. The van der Waals surface area contributed by atoms with E-state index in [9.17, 15) is 4.79 Å². The molecule has 5 nitrogen and oxygen atoms in total. The highest BCUT2D eigenvalue weighted by atomic mass is 35.5. The fourth-order valence-corrected chi connectivity index (χ4v) is 1.76. The number of benzene rings is 1. The molecule has 0 aliphatic carbocycles. The average molecular weight is 358 g/mol. The van der Waals surface area contributed by atoms with Crippen molar-refractivity contribution in [1.29, 1.82) is 0 Å². The predicted molar refractivity (Wildman–Crippen MR) is 96.1 cm³/mol. The van der Waals surface area contributed by atoms with Gasteiger partial charge in [-0.25, -0.2) is 0 Å². The van der Waals surface area contributed by atoms with Gasteiger partial charge in [0.05, 0.1) is 0 Å². The van der Waals surface area contributed by atoms with Gasteiger partial charge in [0.15, 0.2) is 0 Å². The summed E-state index contributed by atoms with van der Waals surface area (Å²) in [6.07, 6.45) is 1.57. The van der Waals surface area contributed by atoms with Crippen molar-refractivity contribution >= 4 is 30.7 Å². The maximum atomic E-state index is 12.0. The van der Waals surface area contributed by atoms with Crippen LogP contribution in [0.3, 0.4) is 0 Å². The lowest BCUT2D eigenvalue weighted by molar-refractivity contribution is 0.0948. The number of likely N-dealkylation sites (N-methyl/N-ethyl adjacent to an activating group) is 1. The lowest BCUT2D eigenvalue weighted by atomic mass is 10.3. The van der Waals surface area contributed by atoms with Crippen molar-refractivity contribution in [2.24, 2.45) is 0 Å². The molecule has 0 unspecified atom stereocenters. The maximum absolute atomic E-state index is 12.0. The number of halogens is 2. The van der Waals surface area contributed by atoms with Crippen LogP contribution in [0.5, 0.6) is 11.5 Å². The minimum absolute atomic E-state index is 0. The molecule has 0 atom stereocenters. The van der Waals surface area contributed by atoms with Crippen LogP contribution in [0.4, 0.5) is 0 Å². The quantitative estimate of drug-likeness (QED) is 0.747. The zero-order valence-corrected chi connectivity index (χ0v) is 14.5. The van der Waals surface area contributed by atoms with E-state index in [1.165, 1.54) is 0 Å². The van der Waals surface area contributed by atoms with E-state index < -0.39 is 0 Å². The summed E-state index contributed by atoms with van der Waals surface area (Å²) in [5, 5.41) is 5.94. The number of amides is 1. The first kappa shape index (κ1) is 21.2. The molecule has 1 aromatic carbocycles. The number of rotatable bonds is 7. The molecule has 2 N–H and O–H groups in total. The highest BCUT2D eigenvalue weighted by Gasteiger charge is 2.08. The Balaban J connectivity index is 0.00000242. The summed E-state index contributed by atoms with van der Waals surface area (Å²) in [4.78, 5) is 16.0. The van der Waals surface area contributed by atoms with E-state index in [0.29, 0.717) is 18.0 Å². The van der Waals surface area contributed by atoms with Crippen molar-refractivity contribution < 1.29 is 9.53 Å². The number of carbonyl (C=O) groups excluding carboxylic acids is 1. The molecular weight excluding hydrogens is 337 g/mol. The Morgan fingerprint density at radius 3 is 2.52 bits per heavy atom. The molecule has 0 bridgehead atoms. The number of hydrogen-bond acceptors (Lipinski definition) is 4. The number of nitrogens with one attached hydrogen (secondary N) is 2. The van der Waals surface area contributed by atoms with Crippen LogP contribution in [0.2, 0.25) is 0 Å². The Morgan fingerprint density at radius 1 is 1.09 bits per heavy atom. The maximum Gasteiger partial charge on any atom is 0.270 e. The molecule has 126 valence electrons. The molecule has 0 aliphatic heterocycles. The van der Waals surface area contributed by atoms with E-state index in [1.807, 2.05) is 37.3 Å². The predicted octanol–water partition coefficient (Wildman–Crippen LogP) is 3.06. The van der Waals surface area contributed by atoms with Crippen LogP contribution in [0.25, 0.3) is 0 Å². The van der Waals surface area contributed by atoms with Crippen molar-refractivity contribution in [3.05, 3.63) is 54.4 Å². The minimum atomic E-state index is -0.202. The Bertz CT molecular complexity index is 583. The zero-order valence-electron chi connectivity index (χ0n) is 12.8. The molecule has 7 heteroatoms. The molecule has 0 saturated heterocycles. The lowest BCUT2D eigenvalue weighted by Gasteiger charge is -2.08. The van der Waals surface area contributed by atoms with Crippen LogP contribution < -0.4 is 15.4 Å². The summed E-state index contributed by atoms with van der Waals surface area (Å²) in [7, 11) is 0. The fourth-order valence-electron chi connectivity index (χ4n) is 1.76. The molecule has 0 aliphatic rings. The van der Waals surface area contributed by atoms with Crippen molar-refractivity contribution in [3.63, 3.8) is 0 Å². The third-order valence-corrected chi connectivity index (χ3v) is 2.78. The molecule has 0 radical (unpaired) electrons. The molecule has 2 rings (SSSR count). The van der Waals surface area contributed by atoms with Gasteiger partial charge in [-0.05, 0) is 24.7 Å². The van der Waals surface area contributed by atoms with Gasteiger partial charge in [0.2, 0.25) is 0 Å². The Morgan fingerprint density at radius 2 is 1.83 bits per heavy atom. The molecule has 2 aromatic rings. The third-order valence-electron chi connectivity index (χ3n) is 2.78. The Labute approximate surface area is 148 Å². The summed E-state index contributed by atoms with van der Waals surface area (Å²) < 4.78 is 5.68. The largest absolute Gasteiger partial charge is 0.457 e. The Kier molecular flexibility index (Phi) is 10.8. The van der Waals surface area contributed by atoms with E-state index >= 15 is 0 Å². The standard InChI is InChI=1S/C16H19N3O2.2ClH/c1-2-17-10-11-19-16(20)15-12-14(8-9-18-15)21-13-6-4-3-5-7-13;;/h3-9,12,17H,2,10-11H2,1H3,(H,19,20);2*1H. The van der Waals surface area contributed by atoms with E-state index in [-0.39, 0.29) is 30.7 Å². The topological polar surface area (TPSA) is 63.2 Å². The molecular formula is C16H21Cl2N3O2. The van der Waals surface area contributed by atoms with Crippen molar-refractivity contribution in [2.45, 2.75) is 6.92 Å². The second kappa shape index (κ2) is 11.7. The Hall–Kier alpha value is -1.82. The number of carbonyl (C=O) groups is 1. The fraction of sp³-hybridized carbons (Fsp3) is 0.250. The molecule has 23 heavy (non-hydrogen) atoms. The van der Waals surface area contributed by atoms with E-state index in [4.69, 9.17) is 4.74 Å². The first-order chi connectivity index (χ1) is 10.3. The number of para-hydroxylation sites is 1. The average Bonchev–Trinajstić information content (AvgIpc) is 2.53. The number of ether oxygens (including phenoxy) is 1. The van der Waals surface area contributed by atoms with Crippen molar-refractivity contribution in [3.8, 4) is 11.5 Å². The molecule has 0 spiro atoms. The third kappa shape index (κ3) is 7.32. The summed E-state index contributed by atoms with van der Waals surface area (Å²) in [6, 6.07) is 12.8. The van der Waals surface area contributed by atoms with E-state index in [2.05, 4.69) is 15.6 Å². The van der Waals surface area contributed by atoms with Gasteiger partial charge in [0.1, 0.15) is 17.2 Å². The van der Waals surface area contributed by atoms with Gasteiger partial charge < -0.3 is 15.4 Å². The van der Waals surface area contributed by atoms with Gasteiger partial charge >= 0.3 is 0 Å². The van der Waals surface area contributed by atoms with Crippen LogP contribution in [0, 0.1) is 0 Å². The monoisotopic (exact) mass is 357 g/mol. The SMILES string of the molecule is CCNCCNC(=O)c1cc(Oc2ccccc2)ccn1.Cl.Cl. The van der Waals surface area contributed by atoms with Gasteiger partial charge in [0.25, 0.3) is 5.91 Å². The van der Waals surface area contributed by atoms with Gasteiger partial charge in [-0.15, -0.1) is 24.8 Å². The molecule has 0 saturated carbocycles. The first-order valence-corrected chi connectivity index (χ1v) is 6.97. The van der Waals surface area contributed by atoms with Gasteiger partial charge in [-0.1, -0.05) is 25.1 Å². The van der Waals surface area contributed by atoms with Crippen LogP contribution in [-0.4, -0.2) is 30.5 Å². The van der Waals surface area contributed by atoms with E-state index in [1.54, 1.807) is 18.3 Å². The summed E-state index contributed by atoms with van der Waals surface area (Å²) in [6.45, 7) is 4.21. The van der Waals surface area contributed by atoms with Crippen LogP contribution in [0.15, 0.2) is 48.7 Å². The second-order valence-electron chi connectivity index (χ2n) is 4.40. The minimum Gasteiger partial charge on any atom is -0.457 e. The smallest absolute Gasteiger partial charge is 0.270 e. The second-order valence-corrected chi connectivity index (χ2v) is 4.40. The molecule has 0 fully saturated rings. The van der Waals surface area contributed by atoms with Gasteiger partial charge in [-0.3, -0.25) is 9.78 Å². The van der Waals surface area contributed by atoms with Crippen LogP contribution in [0.1, 0.15) is 17.4 Å². The van der Waals surface area contributed by atoms with Crippen molar-refractivity contribution in [1.82, 2.24) is 15.6 Å². The zero-order chi connectivity index (χ0) is 14.9. The van der Waals surface area contributed by atoms with Gasteiger partial charge in [-0.2, -0.15) is 0 Å². The van der Waals surface area contributed by atoms with E-state index in [0.717, 1.165) is 18.8 Å². The van der Waals surface area contributed by atoms with Crippen molar-refractivity contribution in [2.75, 3.05) is 19.6 Å². The molecule has 1 heterocycles. The summed E-state index contributed by atoms with van der Waals surface area (Å²) in [5.74, 6) is 1.11. The first-order valence-electron chi connectivity index (χ1n) is 6.97. The lowest BCUT2D eigenvalue weighted by Crippen LogP contribution is -2.32. The number of aromatic nitrogens is 1. The highest BCUT2D eigenvalue weighted by Crippen LogP contribution is 2.20. The number of hydrogen-bond donors (Lipinski definition) is 2. The summed E-state index contributed by atoms with van der Waals surface area (Å²) >= 11 is 0. The van der Waals surface area contributed by atoms with Crippen LogP contribution in [-0.2, 0) is 0 Å². The van der Waals surface area contributed by atoms with Crippen LogP contribution >= 0.6 is 24.8 Å².